The van der Waals surface area contributed by atoms with Crippen LogP contribution in [0.4, 0.5) is 8.78 Å². The zero-order valence-corrected chi connectivity index (χ0v) is 10.9. The molecule has 0 bridgehead atoms. The Morgan fingerprint density at radius 2 is 1.90 bits per heavy atom. The van der Waals surface area contributed by atoms with Crippen LogP contribution < -0.4 is 10.5 Å². The summed E-state index contributed by atoms with van der Waals surface area (Å²) in [6.07, 6.45) is 1.10. The molecule has 1 atom stereocenters. The van der Waals surface area contributed by atoms with E-state index in [-0.39, 0.29) is 0 Å². The summed E-state index contributed by atoms with van der Waals surface area (Å²) >= 11 is 0. The minimum atomic E-state index is -0.844. The fourth-order valence-corrected chi connectivity index (χ4v) is 2.61. The van der Waals surface area contributed by atoms with Crippen molar-refractivity contribution in [1.29, 1.82) is 0 Å². The van der Waals surface area contributed by atoms with Gasteiger partial charge in [-0.25, -0.2) is 8.78 Å². The number of benzene rings is 2. The molecule has 1 unspecified atom stereocenters. The number of ether oxygens (including phenoxy) is 1. The van der Waals surface area contributed by atoms with Gasteiger partial charge in [-0.05, 0) is 42.2 Å². The van der Waals surface area contributed by atoms with Gasteiger partial charge in [0.1, 0.15) is 12.4 Å². The Balaban J connectivity index is 1.82. The van der Waals surface area contributed by atoms with Crippen LogP contribution in [0.15, 0.2) is 42.5 Å². The van der Waals surface area contributed by atoms with E-state index in [9.17, 15) is 8.78 Å². The number of nitrogens with two attached hydrogens (primary N) is 1. The molecule has 0 saturated carbocycles. The highest BCUT2D eigenvalue weighted by Crippen LogP contribution is 2.30. The summed E-state index contributed by atoms with van der Waals surface area (Å²) in [5.74, 6) is -0.841. The molecule has 4 heteroatoms. The number of para-hydroxylation sites is 1. The third-order valence-corrected chi connectivity index (χ3v) is 3.57. The van der Waals surface area contributed by atoms with Gasteiger partial charge in [-0.2, -0.15) is 0 Å². The Morgan fingerprint density at radius 1 is 1.10 bits per heavy atom. The minimum Gasteiger partial charge on any atom is -0.491 e. The highest BCUT2D eigenvalue weighted by atomic mass is 19.2. The molecule has 0 aliphatic carbocycles. The first-order chi connectivity index (χ1) is 9.56. The maximum Gasteiger partial charge on any atom is 0.159 e. The van der Waals surface area contributed by atoms with Gasteiger partial charge in [-0.15, -0.1) is 0 Å². The molecule has 104 valence electrons. The lowest BCUT2D eigenvalue weighted by Crippen LogP contribution is -2.51. The van der Waals surface area contributed by atoms with Crippen LogP contribution in [-0.4, -0.2) is 12.1 Å². The number of halogens is 2. The molecule has 1 aliphatic heterocycles. The smallest absolute Gasteiger partial charge is 0.159 e. The Morgan fingerprint density at radius 3 is 2.70 bits per heavy atom. The lowest BCUT2D eigenvalue weighted by molar-refractivity contribution is 0.189. The van der Waals surface area contributed by atoms with Crippen molar-refractivity contribution < 1.29 is 13.5 Å². The van der Waals surface area contributed by atoms with E-state index >= 15 is 0 Å². The van der Waals surface area contributed by atoms with E-state index in [1.807, 2.05) is 24.3 Å². The second-order valence-corrected chi connectivity index (χ2v) is 5.36. The van der Waals surface area contributed by atoms with Crippen LogP contribution in [0.2, 0.25) is 0 Å². The first kappa shape index (κ1) is 13.1. The molecule has 20 heavy (non-hydrogen) atoms. The number of rotatable bonds is 2. The summed E-state index contributed by atoms with van der Waals surface area (Å²) in [4.78, 5) is 0. The molecule has 0 radical (unpaired) electrons. The molecule has 2 N–H and O–H groups in total. The van der Waals surface area contributed by atoms with Crippen molar-refractivity contribution in [3.8, 4) is 5.75 Å². The van der Waals surface area contributed by atoms with Gasteiger partial charge in [0, 0.05) is 0 Å². The summed E-state index contributed by atoms with van der Waals surface area (Å²) in [7, 11) is 0. The van der Waals surface area contributed by atoms with Gasteiger partial charge in [0.2, 0.25) is 0 Å². The lowest BCUT2D eigenvalue weighted by atomic mass is 9.84. The Bertz CT molecular complexity index is 644. The minimum absolute atomic E-state index is 0.364. The molecule has 1 aliphatic rings. The van der Waals surface area contributed by atoms with Crippen LogP contribution in [0.3, 0.4) is 0 Å². The van der Waals surface area contributed by atoms with Crippen LogP contribution in [0.1, 0.15) is 11.1 Å². The molecule has 3 rings (SSSR count). The fraction of sp³-hybridized carbons (Fsp3) is 0.250. The quantitative estimate of drug-likeness (QED) is 0.914. The molecule has 2 aromatic rings. The van der Waals surface area contributed by atoms with Gasteiger partial charge in [0.25, 0.3) is 0 Å². The van der Waals surface area contributed by atoms with Crippen molar-refractivity contribution in [3.05, 3.63) is 65.2 Å². The van der Waals surface area contributed by atoms with Gasteiger partial charge in [0.05, 0.1) is 5.54 Å². The van der Waals surface area contributed by atoms with Crippen LogP contribution in [-0.2, 0) is 12.8 Å². The van der Waals surface area contributed by atoms with Crippen LogP contribution in [0, 0.1) is 11.6 Å². The molecule has 0 aromatic heterocycles. The molecule has 0 saturated heterocycles. The standard InChI is InChI=1S/C16H15F2NO/c17-13-6-5-11(7-14(13)18)8-16(19)9-12-3-1-2-4-15(12)20-10-16/h1-7H,8-10,19H2. The summed E-state index contributed by atoms with van der Waals surface area (Å²) in [6.45, 7) is 0.364. The van der Waals surface area contributed by atoms with E-state index < -0.39 is 17.2 Å². The second-order valence-electron chi connectivity index (χ2n) is 5.36. The van der Waals surface area contributed by atoms with Crippen molar-refractivity contribution in [1.82, 2.24) is 0 Å². The largest absolute Gasteiger partial charge is 0.491 e. The summed E-state index contributed by atoms with van der Waals surface area (Å²) in [5.41, 5.74) is 7.47. The summed E-state index contributed by atoms with van der Waals surface area (Å²) in [5, 5.41) is 0. The first-order valence-corrected chi connectivity index (χ1v) is 6.49. The molecule has 1 heterocycles. The van der Waals surface area contributed by atoms with Gasteiger partial charge < -0.3 is 10.5 Å². The zero-order chi connectivity index (χ0) is 14.2. The zero-order valence-electron chi connectivity index (χ0n) is 10.9. The number of hydrogen-bond acceptors (Lipinski definition) is 2. The third-order valence-electron chi connectivity index (χ3n) is 3.57. The van der Waals surface area contributed by atoms with Crippen LogP contribution >= 0.6 is 0 Å². The Kier molecular flexibility index (Phi) is 3.18. The number of hydrogen-bond donors (Lipinski definition) is 1. The predicted molar refractivity (Wildman–Crippen MR) is 72.6 cm³/mol. The first-order valence-electron chi connectivity index (χ1n) is 6.49. The van der Waals surface area contributed by atoms with E-state index in [0.717, 1.165) is 17.4 Å². The van der Waals surface area contributed by atoms with Gasteiger partial charge >= 0.3 is 0 Å². The third kappa shape index (κ3) is 2.51. The highest BCUT2D eigenvalue weighted by molar-refractivity contribution is 5.37. The molecule has 0 amide bonds. The molecule has 0 spiro atoms. The normalized spacial score (nSPS) is 21.1. The molecular formula is C16H15F2NO. The predicted octanol–water partition coefficient (Wildman–Crippen LogP) is 2.84. The second kappa shape index (κ2) is 4.87. The van der Waals surface area contributed by atoms with Gasteiger partial charge in [-0.3, -0.25) is 0 Å². The molecule has 0 fully saturated rings. The van der Waals surface area contributed by atoms with Crippen LogP contribution in [0.5, 0.6) is 5.75 Å². The lowest BCUT2D eigenvalue weighted by Gasteiger charge is -2.34. The number of fused-ring (bicyclic) bond motifs is 1. The van der Waals surface area contributed by atoms with Crippen molar-refractivity contribution in [2.24, 2.45) is 5.73 Å². The van der Waals surface area contributed by atoms with Crippen molar-refractivity contribution in [3.63, 3.8) is 0 Å². The average Bonchev–Trinajstić information content (AvgIpc) is 2.42. The van der Waals surface area contributed by atoms with Crippen molar-refractivity contribution >= 4 is 0 Å². The van der Waals surface area contributed by atoms with Crippen LogP contribution in [0.25, 0.3) is 0 Å². The topological polar surface area (TPSA) is 35.2 Å². The maximum atomic E-state index is 13.3. The molecule has 2 aromatic carbocycles. The van der Waals surface area contributed by atoms with Gasteiger partial charge in [0.15, 0.2) is 11.6 Å². The molecular weight excluding hydrogens is 260 g/mol. The average molecular weight is 275 g/mol. The van der Waals surface area contributed by atoms with E-state index in [0.29, 0.717) is 25.0 Å². The van der Waals surface area contributed by atoms with Gasteiger partial charge in [-0.1, -0.05) is 24.3 Å². The van der Waals surface area contributed by atoms with E-state index in [2.05, 4.69) is 0 Å². The van der Waals surface area contributed by atoms with E-state index in [1.165, 1.54) is 6.07 Å². The van der Waals surface area contributed by atoms with Crippen molar-refractivity contribution in [2.45, 2.75) is 18.4 Å². The Labute approximate surface area is 116 Å². The summed E-state index contributed by atoms with van der Waals surface area (Å²) in [6, 6.07) is 11.6. The highest BCUT2D eigenvalue weighted by Gasteiger charge is 2.32. The Hall–Kier alpha value is -1.94. The van der Waals surface area contributed by atoms with E-state index in [1.54, 1.807) is 6.07 Å². The molecule has 2 nitrogen and oxygen atoms in total. The fourth-order valence-electron chi connectivity index (χ4n) is 2.61. The summed E-state index contributed by atoms with van der Waals surface area (Å²) < 4.78 is 31.9. The monoisotopic (exact) mass is 275 g/mol. The van der Waals surface area contributed by atoms with E-state index in [4.69, 9.17) is 10.5 Å². The maximum absolute atomic E-state index is 13.3. The SMILES string of the molecule is NC1(Cc2ccc(F)c(F)c2)COc2ccccc2C1. The van der Waals surface area contributed by atoms with Crippen molar-refractivity contribution in [2.75, 3.05) is 6.61 Å².